The number of esters is 3. The van der Waals surface area contributed by atoms with Gasteiger partial charge in [-0.2, -0.15) is 0 Å². The van der Waals surface area contributed by atoms with Crippen molar-refractivity contribution >= 4 is 34.8 Å². The minimum Gasteiger partial charge on any atom is -0.465 e. The molecule has 0 spiro atoms. The smallest absolute Gasteiger partial charge is 0.335 e. The summed E-state index contributed by atoms with van der Waals surface area (Å²) < 4.78 is 16.7. The zero-order chi connectivity index (χ0) is 40.2. The fraction of sp³-hybridized carbons (Fsp3) is 0.660. The zero-order valence-electron chi connectivity index (χ0n) is 34.9. The fourth-order valence-corrected chi connectivity index (χ4v) is 6.85. The third kappa shape index (κ3) is 26.5. The zero-order valence-corrected chi connectivity index (χ0v) is 35.7. The van der Waals surface area contributed by atoms with Crippen LogP contribution in [0.25, 0.3) is 0 Å². The number of fused-ring (bicyclic) bond motifs is 1. The number of carbonyl (C=O) groups is 3. The summed E-state index contributed by atoms with van der Waals surface area (Å²) in [6, 6.07) is -0.740. The van der Waals surface area contributed by atoms with E-state index in [0.717, 1.165) is 95.1 Å². The summed E-state index contributed by atoms with van der Waals surface area (Å²) >= 11 is 1.44. The van der Waals surface area contributed by atoms with Gasteiger partial charge in [-0.25, -0.2) is 9.79 Å². The van der Waals surface area contributed by atoms with Crippen molar-refractivity contribution in [1.29, 1.82) is 0 Å². The highest BCUT2D eigenvalue weighted by atomic mass is 32.2. The van der Waals surface area contributed by atoms with Gasteiger partial charge in [-0.15, -0.1) is 0 Å². The number of amidine groups is 1. The first-order valence-electron chi connectivity index (χ1n) is 22.0. The van der Waals surface area contributed by atoms with Crippen LogP contribution >= 0.6 is 11.8 Å². The molecule has 0 aromatic heterocycles. The Labute approximate surface area is 344 Å². The molecule has 0 saturated heterocycles. The van der Waals surface area contributed by atoms with E-state index in [1.54, 1.807) is 12.3 Å². The van der Waals surface area contributed by atoms with Crippen molar-refractivity contribution in [3.05, 3.63) is 72.5 Å². The van der Waals surface area contributed by atoms with Gasteiger partial charge in [-0.1, -0.05) is 138 Å². The molecule has 56 heavy (non-hydrogen) atoms. The van der Waals surface area contributed by atoms with Crippen LogP contribution in [0.4, 0.5) is 0 Å². The van der Waals surface area contributed by atoms with E-state index in [0.29, 0.717) is 12.8 Å². The maximum Gasteiger partial charge on any atom is 0.335 e. The van der Waals surface area contributed by atoms with E-state index in [-0.39, 0.29) is 31.8 Å². The number of thioether (sulfide) groups is 1. The maximum atomic E-state index is 12.8. The molecule has 0 aromatic carbocycles. The fourth-order valence-electron chi connectivity index (χ4n) is 6.12. The minimum atomic E-state index is -0.740. The highest BCUT2D eigenvalue weighted by Crippen LogP contribution is 2.24. The second-order valence-electron chi connectivity index (χ2n) is 14.8. The van der Waals surface area contributed by atoms with E-state index < -0.39 is 17.9 Å². The quantitative estimate of drug-likeness (QED) is 0.0271. The number of rotatable bonds is 35. The maximum absolute atomic E-state index is 12.8. The lowest BCUT2D eigenvalue weighted by Gasteiger charge is -2.21. The molecule has 0 aromatic rings. The van der Waals surface area contributed by atoms with Crippen molar-refractivity contribution in [2.45, 2.75) is 174 Å². The first kappa shape index (κ1) is 48.8. The summed E-state index contributed by atoms with van der Waals surface area (Å²) in [6.07, 6.45) is 48.8. The summed E-state index contributed by atoms with van der Waals surface area (Å²) in [5.41, 5.74) is 0. The Morgan fingerprint density at radius 2 is 1.05 bits per heavy atom. The van der Waals surface area contributed by atoms with Gasteiger partial charge in [0.05, 0.1) is 5.92 Å². The van der Waals surface area contributed by atoms with Gasteiger partial charge in [-0.05, 0) is 88.5 Å². The molecule has 1 unspecified atom stereocenters. The first-order chi connectivity index (χ1) is 27.5. The molecule has 0 saturated carbocycles. The molecule has 0 bridgehead atoms. The molecule has 314 valence electrons. The van der Waals surface area contributed by atoms with Gasteiger partial charge in [-0.3, -0.25) is 9.59 Å². The molecule has 0 N–H and O–H groups in total. The molecule has 2 heterocycles. The lowest BCUT2D eigenvalue weighted by Crippen LogP contribution is -2.31. The molecule has 8 nitrogen and oxygen atoms in total. The van der Waals surface area contributed by atoms with Gasteiger partial charge in [0, 0.05) is 25.2 Å². The average Bonchev–Trinajstić information content (AvgIpc) is 3.68. The molecule has 0 fully saturated rings. The van der Waals surface area contributed by atoms with Crippen molar-refractivity contribution in [2.24, 2.45) is 10.9 Å². The van der Waals surface area contributed by atoms with Crippen molar-refractivity contribution in [2.75, 3.05) is 19.8 Å². The van der Waals surface area contributed by atoms with Gasteiger partial charge >= 0.3 is 17.9 Å². The van der Waals surface area contributed by atoms with Crippen LogP contribution in [-0.2, 0) is 28.6 Å². The molecule has 9 heteroatoms. The monoisotopic (exact) mass is 795 g/mol. The van der Waals surface area contributed by atoms with Crippen LogP contribution < -0.4 is 0 Å². The van der Waals surface area contributed by atoms with Crippen LogP contribution in [0, 0.1) is 5.92 Å². The normalized spacial score (nSPS) is 15.2. The van der Waals surface area contributed by atoms with Crippen LogP contribution in [0.5, 0.6) is 0 Å². The molecular formula is C47H74N2O6S. The topological polar surface area (TPSA) is 94.5 Å². The summed E-state index contributed by atoms with van der Waals surface area (Å²) in [5, 5.41) is 2.62. The lowest BCUT2D eigenvalue weighted by atomic mass is 10.1. The summed E-state index contributed by atoms with van der Waals surface area (Å²) in [7, 11) is 0. The Hall–Kier alpha value is -3.33. The number of allylic oxidation sites excluding steroid dienone is 8. The van der Waals surface area contributed by atoms with E-state index in [1.807, 2.05) is 16.5 Å². The minimum absolute atomic E-state index is 0.0198. The molecule has 2 aliphatic rings. The summed E-state index contributed by atoms with van der Waals surface area (Å²) in [6.45, 7) is 4.47. The van der Waals surface area contributed by atoms with E-state index in [4.69, 9.17) is 14.2 Å². The van der Waals surface area contributed by atoms with Gasteiger partial charge in [0.15, 0.2) is 11.2 Å². The lowest BCUT2D eigenvalue weighted by molar-refractivity contribution is -0.153. The number of carbonyl (C=O) groups excluding carboxylic acids is 3. The van der Waals surface area contributed by atoms with E-state index >= 15 is 0 Å². The number of hydrogen-bond acceptors (Lipinski definition) is 9. The molecule has 0 radical (unpaired) electrons. The second kappa shape index (κ2) is 34.9. The number of nitrogens with zero attached hydrogens (tertiary/aromatic N) is 2. The third-order valence-electron chi connectivity index (χ3n) is 9.62. The van der Waals surface area contributed by atoms with Crippen LogP contribution in [0.1, 0.15) is 168 Å². The molecule has 0 amide bonds. The Morgan fingerprint density at radius 3 is 1.55 bits per heavy atom. The highest BCUT2D eigenvalue weighted by Gasteiger charge is 2.26. The Balaban J connectivity index is 1.62. The van der Waals surface area contributed by atoms with E-state index in [1.165, 1.54) is 63.1 Å². The largest absolute Gasteiger partial charge is 0.465 e. The third-order valence-corrected chi connectivity index (χ3v) is 10.4. The number of aliphatic imine (C=N–C) groups is 1. The van der Waals surface area contributed by atoms with Crippen LogP contribution in [-0.4, -0.2) is 53.8 Å². The Kier molecular flexibility index (Phi) is 30.4. The molecule has 2 aliphatic heterocycles. The summed E-state index contributed by atoms with van der Waals surface area (Å²) in [4.78, 5) is 44.3. The van der Waals surface area contributed by atoms with Gasteiger partial charge in [0.2, 0.25) is 0 Å². The van der Waals surface area contributed by atoms with Crippen molar-refractivity contribution in [1.82, 2.24) is 4.90 Å². The second-order valence-corrected chi connectivity index (χ2v) is 15.7. The average molecular weight is 795 g/mol. The molecular weight excluding hydrogens is 721 g/mol. The van der Waals surface area contributed by atoms with Crippen LogP contribution in [0.2, 0.25) is 0 Å². The number of hydrogen-bond donors (Lipinski definition) is 0. The predicted octanol–water partition coefficient (Wildman–Crippen LogP) is 12.6. The first-order valence-corrected chi connectivity index (χ1v) is 22.9. The Bertz CT molecular complexity index is 1210. The molecule has 2 rings (SSSR count). The number of unbranched alkanes of at least 4 members (excludes halogenated alkanes) is 16. The van der Waals surface area contributed by atoms with Crippen molar-refractivity contribution in [3.8, 4) is 0 Å². The molecule has 1 atom stereocenters. The van der Waals surface area contributed by atoms with Gasteiger partial charge in [0.1, 0.15) is 19.8 Å². The van der Waals surface area contributed by atoms with Gasteiger partial charge in [0.25, 0.3) is 0 Å². The Morgan fingerprint density at radius 1 is 0.607 bits per heavy atom. The van der Waals surface area contributed by atoms with E-state index in [9.17, 15) is 14.4 Å². The van der Waals surface area contributed by atoms with Gasteiger partial charge < -0.3 is 19.1 Å². The highest BCUT2D eigenvalue weighted by molar-refractivity contribution is 8.16. The summed E-state index contributed by atoms with van der Waals surface area (Å²) in [5.74, 6) is -1.51. The molecule has 0 aliphatic carbocycles. The van der Waals surface area contributed by atoms with Crippen LogP contribution in [0.3, 0.4) is 0 Å². The van der Waals surface area contributed by atoms with Crippen LogP contribution in [0.15, 0.2) is 77.5 Å². The predicted molar refractivity (Wildman–Crippen MR) is 234 cm³/mol. The SMILES string of the molecule is CCCCC/C=C\C/C=C\CCCCCCCC(=O)OCC(COC(=O)CCCCCCC/C=C\C/C=C\CCCCC)COC(=O)C1C=CN2C=CSC2=N1. The van der Waals surface area contributed by atoms with E-state index in [2.05, 4.69) is 67.4 Å². The van der Waals surface area contributed by atoms with Crippen molar-refractivity contribution in [3.63, 3.8) is 0 Å². The number of ether oxygens (including phenoxy) is 3. The standard InChI is InChI=1S/C47H74N2O6S/c1-3-5-7-9-11-13-15-17-19-21-23-25-27-29-31-33-44(50)53-39-42(41-55-46(52)43-35-36-49-37-38-56-47(49)48-43)40-54-45(51)34-32-30-28-26-24-22-20-18-16-14-12-10-8-6-4-2/h11-14,17-20,35-38,42-43H,3-10,15-16,21-34,39-41H2,1-2H3/b13-11-,14-12-,19-17-,20-18-. The van der Waals surface area contributed by atoms with Crippen molar-refractivity contribution < 1.29 is 28.6 Å².